The molecule has 0 unspecified atom stereocenters. The molecule has 0 spiro atoms. The lowest BCUT2D eigenvalue weighted by Gasteiger charge is -2.32. The van der Waals surface area contributed by atoms with Crippen molar-refractivity contribution in [2.24, 2.45) is 11.8 Å². The van der Waals surface area contributed by atoms with E-state index in [0.29, 0.717) is 12.3 Å². The highest BCUT2D eigenvalue weighted by Crippen LogP contribution is 2.48. The Morgan fingerprint density at radius 2 is 1.92 bits per heavy atom. The van der Waals surface area contributed by atoms with Crippen LogP contribution < -0.4 is 5.32 Å². The first-order valence-corrected chi connectivity index (χ1v) is 9.45. The molecule has 6 heteroatoms. The zero-order chi connectivity index (χ0) is 18.8. The molecule has 0 aromatic heterocycles. The monoisotopic (exact) mass is 367 g/mol. The standard InChI is InChI=1S/C20H27F2NO3/c21-19(22)10-7-16(13-19)20(26,18(24)25)17-4-2-1-3-15(17)6-5-14-8-11-23-12-9-14/h1-4,14,16,23,26H,5-13H2,(H,24,25)/t16-,20-/m1/s1. The molecule has 1 heterocycles. The number of alkyl halides is 2. The minimum absolute atomic E-state index is 0.0123. The van der Waals surface area contributed by atoms with Gasteiger partial charge in [0.1, 0.15) is 0 Å². The molecule has 1 aliphatic heterocycles. The maximum absolute atomic E-state index is 13.7. The highest BCUT2D eigenvalue weighted by molar-refractivity contribution is 5.80. The first kappa shape index (κ1) is 19.2. The maximum atomic E-state index is 13.7. The van der Waals surface area contributed by atoms with E-state index in [4.69, 9.17) is 0 Å². The first-order valence-electron chi connectivity index (χ1n) is 9.45. The molecule has 1 saturated carbocycles. The van der Waals surface area contributed by atoms with Crippen LogP contribution in [0.1, 0.15) is 49.7 Å². The SMILES string of the molecule is O=C(O)[C@](O)(c1ccccc1CCC1CCNCC1)[C@@H]1CCC(F)(F)C1. The zero-order valence-corrected chi connectivity index (χ0v) is 14.9. The van der Waals surface area contributed by atoms with Crippen LogP contribution in [0.15, 0.2) is 24.3 Å². The largest absolute Gasteiger partial charge is 0.479 e. The molecule has 4 nitrogen and oxygen atoms in total. The molecule has 1 saturated heterocycles. The number of rotatable bonds is 6. The summed E-state index contributed by atoms with van der Waals surface area (Å²) in [6.07, 6.45) is 2.79. The number of hydrogen-bond donors (Lipinski definition) is 3. The molecule has 2 atom stereocenters. The van der Waals surface area contributed by atoms with E-state index in [1.807, 2.05) is 12.1 Å². The van der Waals surface area contributed by atoms with Gasteiger partial charge in [0.15, 0.2) is 5.60 Å². The normalized spacial score (nSPS) is 25.7. The van der Waals surface area contributed by atoms with Crippen molar-refractivity contribution >= 4 is 5.97 Å². The van der Waals surface area contributed by atoms with Gasteiger partial charge in [0, 0.05) is 18.8 Å². The minimum Gasteiger partial charge on any atom is -0.479 e. The van der Waals surface area contributed by atoms with Gasteiger partial charge in [0.2, 0.25) is 5.92 Å². The van der Waals surface area contributed by atoms with Gasteiger partial charge in [-0.15, -0.1) is 0 Å². The molecule has 26 heavy (non-hydrogen) atoms. The molecule has 3 rings (SSSR count). The van der Waals surface area contributed by atoms with Gasteiger partial charge in [-0.2, -0.15) is 0 Å². The molecular weight excluding hydrogens is 340 g/mol. The number of carboxylic acid groups (broad SMARTS) is 1. The summed E-state index contributed by atoms with van der Waals surface area (Å²) in [7, 11) is 0. The van der Waals surface area contributed by atoms with Crippen molar-refractivity contribution in [3.8, 4) is 0 Å². The molecule has 1 aliphatic carbocycles. The fourth-order valence-electron chi connectivity index (χ4n) is 4.46. The Bertz CT molecular complexity index is 646. The number of halogens is 2. The molecule has 0 amide bonds. The second-order valence-electron chi connectivity index (χ2n) is 7.76. The summed E-state index contributed by atoms with van der Waals surface area (Å²) < 4.78 is 27.4. The first-order chi connectivity index (χ1) is 12.3. The Morgan fingerprint density at radius 1 is 1.23 bits per heavy atom. The third-order valence-electron chi connectivity index (χ3n) is 6.03. The lowest BCUT2D eigenvalue weighted by molar-refractivity contribution is -0.167. The second-order valence-corrected chi connectivity index (χ2v) is 7.76. The van der Waals surface area contributed by atoms with E-state index in [1.54, 1.807) is 12.1 Å². The molecule has 1 aromatic rings. The average molecular weight is 367 g/mol. The van der Waals surface area contributed by atoms with Crippen molar-refractivity contribution in [2.45, 2.75) is 56.5 Å². The quantitative estimate of drug-likeness (QED) is 0.721. The Morgan fingerprint density at radius 3 is 2.54 bits per heavy atom. The van der Waals surface area contributed by atoms with Crippen molar-refractivity contribution in [1.29, 1.82) is 0 Å². The van der Waals surface area contributed by atoms with Gasteiger partial charge in [-0.05, 0) is 62.2 Å². The van der Waals surface area contributed by atoms with Crippen LogP contribution in [-0.4, -0.2) is 35.2 Å². The van der Waals surface area contributed by atoms with E-state index in [0.717, 1.165) is 37.9 Å². The highest BCUT2D eigenvalue weighted by atomic mass is 19.3. The number of piperidine rings is 1. The summed E-state index contributed by atoms with van der Waals surface area (Å²) >= 11 is 0. The van der Waals surface area contributed by atoms with Gasteiger partial charge in [-0.1, -0.05) is 24.3 Å². The van der Waals surface area contributed by atoms with Crippen LogP contribution in [0.3, 0.4) is 0 Å². The summed E-state index contributed by atoms with van der Waals surface area (Å²) in [5.74, 6) is -4.75. The molecule has 2 aliphatic rings. The van der Waals surface area contributed by atoms with Crippen LogP contribution in [0.4, 0.5) is 8.78 Å². The number of aliphatic hydroxyl groups is 1. The summed E-state index contributed by atoms with van der Waals surface area (Å²) in [4.78, 5) is 12.0. The summed E-state index contributed by atoms with van der Waals surface area (Å²) in [6.45, 7) is 1.98. The predicted octanol–water partition coefficient (Wildman–Crippen LogP) is 3.33. The number of hydrogen-bond acceptors (Lipinski definition) is 3. The Hall–Kier alpha value is -1.53. The third-order valence-corrected chi connectivity index (χ3v) is 6.03. The number of aryl methyl sites for hydroxylation is 1. The fourth-order valence-corrected chi connectivity index (χ4v) is 4.46. The van der Waals surface area contributed by atoms with E-state index in [2.05, 4.69) is 5.32 Å². The molecule has 144 valence electrons. The van der Waals surface area contributed by atoms with Gasteiger partial charge in [-0.3, -0.25) is 0 Å². The predicted molar refractivity (Wildman–Crippen MR) is 94.2 cm³/mol. The van der Waals surface area contributed by atoms with Crippen LogP contribution in [0.2, 0.25) is 0 Å². The zero-order valence-electron chi connectivity index (χ0n) is 14.9. The van der Waals surface area contributed by atoms with Crippen LogP contribution in [-0.2, 0) is 16.8 Å². The molecule has 3 N–H and O–H groups in total. The van der Waals surface area contributed by atoms with E-state index < -0.39 is 29.8 Å². The van der Waals surface area contributed by atoms with Crippen LogP contribution >= 0.6 is 0 Å². The number of benzene rings is 1. The fraction of sp³-hybridized carbons (Fsp3) is 0.650. The lowest BCUT2D eigenvalue weighted by Crippen LogP contribution is -2.43. The Kier molecular flexibility index (Phi) is 5.63. The van der Waals surface area contributed by atoms with Crippen molar-refractivity contribution < 1.29 is 23.8 Å². The van der Waals surface area contributed by atoms with Crippen LogP contribution in [0, 0.1) is 11.8 Å². The summed E-state index contributed by atoms with van der Waals surface area (Å²) in [5.41, 5.74) is -1.22. The molecule has 1 aromatic carbocycles. The number of aliphatic carboxylic acids is 1. The van der Waals surface area contributed by atoms with Gasteiger partial charge in [0.25, 0.3) is 0 Å². The smallest absolute Gasteiger partial charge is 0.340 e. The Labute approximate surface area is 152 Å². The maximum Gasteiger partial charge on any atom is 0.340 e. The van der Waals surface area contributed by atoms with E-state index in [-0.39, 0.29) is 18.4 Å². The molecule has 0 radical (unpaired) electrons. The lowest BCUT2D eigenvalue weighted by atomic mass is 9.77. The van der Waals surface area contributed by atoms with Gasteiger partial charge >= 0.3 is 5.97 Å². The molecular formula is C20H27F2NO3. The number of carbonyl (C=O) groups is 1. The van der Waals surface area contributed by atoms with E-state index >= 15 is 0 Å². The van der Waals surface area contributed by atoms with Crippen molar-refractivity contribution in [2.75, 3.05) is 13.1 Å². The topological polar surface area (TPSA) is 69.6 Å². The average Bonchev–Trinajstić information content (AvgIpc) is 3.00. The molecule has 2 fully saturated rings. The van der Waals surface area contributed by atoms with Crippen LogP contribution in [0.25, 0.3) is 0 Å². The van der Waals surface area contributed by atoms with E-state index in [9.17, 15) is 23.8 Å². The van der Waals surface area contributed by atoms with Gasteiger partial charge in [-0.25, -0.2) is 13.6 Å². The van der Waals surface area contributed by atoms with Gasteiger partial charge in [0.05, 0.1) is 0 Å². The minimum atomic E-state index is -2.90. The van der Waals surface area contributed by atoms with Crippen molar-refractivity contribution in [3.05, 3.63) is 35.4 Å². The third kappa shape index (κ3) is 3.91. The van der Waals surface area contributed by atoms with Gasteiger partial charge < -0.3 is 15.5 Å². The van der Waals surface area contributed by atoms with Crippen molar-refractivity contribution in [1.82, 2.24) is 5.32 Å². The second kappa shape index (κ2) is 7.61. The summed E-state index contributed by atoms with van der Waals surface area (Å²) in [6, 6.07) is 6.89. The number of nitrogens with one attached hydrogen (secondary N) is 1. The van der Waals surface area contributed by atoms with Crippen molar-refractivity contribution in [3.63, 3.8) is 0 Å². The van der Waals surface area contributed by atoms with E-state index in [1.165, 1.54) is 0 Å². The highest BCUT2D eigenvalue weighted by Gasteiger charge is 2.54. The van der Waals surface area contributed by atoms with Crippen LogP contribution in [0.5, 0.6) is 0 Å². The Balaban J connectivity index is 1.84. The number of carboxylic acids is 1. The summed E-state index contributed by atoms with van der Waals surface area (Å²) in [5, 5.41) is 24.1. The molecule has 0 bridgehead atoms.